The van der Waals surface area contributed by atoms with Gasteiger partial charge in [0, 0.05) is 30.1 Å². The number of allylic oxidation sites excluding steroid dienone is 2. The number of fused-ring (bicyclic) bond motifs is 9. The van der Waals surface area contributed by atoms with Crippen LogP contribution in [-0.4, -0.2) is 29.1 Å². The predicted molar refractivity (Wildman–Crippen MR) is 111 cm³/mol. The standard InChI is InChI=1S/C26H32O4/c1-4-30-21(28)7-10-26(29)20-13-17(20)23-22-16-12-15(16)19-11-14(27)5-8-24(19,2)18(22)6-9-25(23,26)3/h16-18,20,22-23,29H,4-6,8-9,11-13H2,1-3H3/t16-,17+,18?,20-,22?,23?,24+,25-,26-/m0/s1. The van der Waals surface area contributed by atoms with Gasteiger partial charge in [-0.25, -0.2) is 4.79 Å². The molecule has 0 bridgehead atoms. The molecule has 0 heterocycles. The number of ketones is 1. The van der Waals surface area contributed by atoms with Gasteiger partial charge in [0.1, 0.15) is 11.4 Å². The first kappa shape index (κ1) is 19.1. The minimum absolute atomic E-state index is 0.171. The molecule has 0 aromatic carbocycles. The topological polar surface area (TPSA) is 63.6 Å². The third-order valence-electron chi connectivity index (χ3n) is 10.3. The third-order valence-corrected chi connectivity index (χ3v) is 10.3. The summed E-state index contributed by atoms with van der Waals surface area (Å²) >= 11 is 0. The molecule has 5 fully saturated rings. The number of carbonyl (C=O) groups is 2. The second-order valence-corrected chi connectivity index (χ2v) is 11.4. The maximum atomic E-state index is 12.2. The van der Waals surface area contributed by atoms with Crippen LogP contribution in [0.25, 0.3) is 0 Å². The average Bonchev–Trinajstić information content (AvgIpc) is 3.60. The third kappa shape index (κ3) is 2.18. The van der Waals surface area contributed by atoms with E-state index < -0.39 is 11.6 Å². The first-order valence-corrected chi connectivity index (χ1v) is 11.9. The minimum Gasteiger partial charge on any atom is -0.456 e. The molecule has 4 nitrogen and oxygen atoms in total. The van der Waals surface area contributed by atoms with Gasteiger partial charge in [0.2, 0.25) is 0 Å². The molecule has 5 saturated carbocycles. The Hall–Kier alpha value is -1.60. The van der Waals surface area contributed by atoms with Crippen LogP contribution in [0.3, 0.4) is 0 Å². The molecule has 1 N–H and O–H groups in total. The van der Waals surface area contributed by atoms with Gasteiger partial charge < -0.3 is 9.84 Å². The first-order valence-electron chi connectivity index (χ1n) is 11.9. The summed E-state index contributed by atoms with van der Waals surface area (Å²) in [5, 5.41) is 11.9. The Morgan fingerprint density at radius 2 is 2.07 bits per heavy atom. The minimum atomic E-state index is -1.08. The van der Waals surface area contributed by atoms with E-state index >= 15 is 0 Å². The summed E-state index contributed by atoms with van der Waals surface area (Å²) in [6, 6.07) is 0. The Kier molecular flexibility index (Phi) is 3.69. The zero-order valence-corrected chi connectivity index (χ0v) is 18.3. The van der Waals surface area contributed by atoms with Crippen molar-refractivity contribution >= 4 is 11.8 Å². The van der Waals surface area contributed by atoms with E-state index in [1.54, 1.807) is 12.5 Å². The zero-order chi connectivity index (χ0) is 21.1. The van der Waals surface area contributed by atoms with Crippen molar-refractivity contribution in [1.82, 2.24) is 0 Å². The van der Waals surface area contributed by atoms with Gasteiger partial charge in [-0.3, -0.25) is 4.79 Å². The number of Topliss-reactive ketones (excluding diaryl/α,β-unsaturated/α-hetero) is 1. The van der Waals surface area contributed by atoms with Gasteiger partial charge >= 0.3 is 5.97 Å². The van der Waals surface area contributed by atoms with Gasteiger partial charge in [-0.15, -0.1) is 0 Å². The van der Waals surface area contributed by atoms with Crippen molar-refractivity contribution in [2.24, 2.45) is 46.3 Å². The quantitative estimate of drug-likeness (QED) is 0.311. The van der Waals surface area contributed by atoms with Crippen LogP contribution in [-0.2, 0) is 14.3 Å². The van der Waals surface area contributed by atoms with E-state index in [0.29, 0.717) is 48.4 Å². The molecule has 3 unspecified atom stereocenters. The van der Waals surface area contributed by atoms with Crippen LogP contribution in [0, 0.1) is 58.2 Å². The Bertz CT molecular complexity index is 952. The van der Waals surface area contributed by atoms with E-state index in [-0.39, 0.29) is 16.7 Å². The van der Waals surface area contributed by atoms with Gasteiger partial charge in [0.15, 0.2) is 0 Å². The average molecular weight is 409 g/mol. The molecule has 4 heteroatoms. The number of hydrogen-bond acceptors (Lipinski definition) is 4. The van der Waals surface area contributed by atoms with Crippen molar-refractivity contribution in [3.63, 3.8) is 0 Å². The molecule has 0 saturated heterocycles. The van der Waals surface area contributed by atoms with Gasteiger partial charge in [-0.05, 0) is 74.0 Å². The molecule has 0 amide bonds. The summed E-state index contributed by atoms with van der Waals surface area (Å²) in [6.07, 6.45) is 6.67. The number of aliphatic hydroxyl groups is 1. The monoisotopic (exact) mass is 408 g/mol. The van der Waals surface area contributed by atoms with E-state index in [4.69, 9.17) is 4.74 Å². The summed E-state index contributed by atoms with van der Waals surface area (Å²) in [4.78, 5) is 24.1. The highest BCUT2D eigenvalue weighted by molar-refractivity contribution is 5.88. The molecule has 0 spiro atoms. The number of rotatable bonds is 1. The normalized spacial score (nSPS) is 52.1. The van der Waals surface area contributed by atoms with Crippen LogP contribution < -0.4 is 0 Å². The van der Waals surface area contributed by atoms with E-state index in [0.717, 1.165) is 38.5 Å². The molecule has 0 aliphatic heterocycles. The maximum absolute atomic E-state index is 12.2. The van der Waals surface area contributed by atoms with Crippen LogP contribution in [0.5, 0.6) is 0 Å². The number of carbonyl (C=O) groups excluding carboxylic acids is 2. The number of esters is 1. The summed E-state index contributed by atoms with van der Waals surface area (Å²) in [6.45, 7) is 6.76. The molecule has 6 aliphatic carbocycles. The molecule has 0 radical (unpaired) electrons. The molecule has 9 atom stereocenters. The lowest BCUT2D eigenvalue weighted by atomic mass is 9.46. The lowest BCUT2D eigenvalue weighted by molar-refractivity contribution is -0.136. The van der Waals surface area contributed by atoms with Crippen molar-refractivity contribution in [3.8, 4) is 11.8 Å². The molecular weight excluding hydrogens is 376 g/mol. The maximum Gasteiger partial charge on any atom is 0.384 e. The fraction of sp³-hybridized carbons (Fsp3) is 0.769. The molecule has 0 aromatic rings. The molecule has 160 valence electrons. The fourth-order valence-electron chi connectivity index (χ4n) is 8.85. The van der Waals surface area contributed by atoms with Crippen molar-refractivity contribution in [3.05, 3.63) is 11.1 Å². The lowest BCUT2D eigenvalue weighted by Gasteiger charge is -2.58. The molecule has 6 aliphatic rings. The summed E-state index contributed by atoms with van der Waals surface area (Å²) in [7, 11) is 0. The van der Waals surface area contributed by atoms with Gasteiger partial charge in [-0.1, -0.05) is 30.9 Å². The SMILES string of the molecule is CCOC(=O)C#C[C@]1(O)[C@H]2C[C@H]2C2C3C(CC[C@@]21C)[C@@]1(C)CCC(=O)CC1=C1C[C@@H]13. The smallest absolute Gasteiger partial charge is 0.384 e. The number of hydrogen-bond donors (Lipinski definition) is 1. The van der Waals surface area contributed by atoms with Crippen LogP contribution in [0.4, 0.5) is 0 Å². The van der Waals surface area contributed by atoms with E-state index in [1.807, 2.05) is 0 Å². The second-order valence-electron chi connectivity index (χ2n) is 11.4. The van der Waals surface area contributed by atoms with Gasteiger partial charge in [-0.2, -0.15) is 0 Å². The van der Waals surface area contributed by atoms with Gasteiger partial charge in [0.05, 0.1) is 6.61 Å². The van der Waals surface area contributed by atoms with E-state index in [9.17, 15) is 14.7 Å². The molecule has 30 heavy (non-hydrogen) atoms. The summed E-state index contributed by atoms with van der Waals surface area (Å²) in [5.74, 6) is 8.61. The lowest BCUT2D eigenvalue weighted by Crippen LogP contribution is -2.56. The molecular formula is C26H32O4. The summed E-state index contributed by atoms with van der Waals surface area (Å²) in [5.41, 5.74) is 1.91. The fourth-order valence-corrected chi connectivity index (χ4v) is 8.85. The summed E-state index contributed by atoms with van der Waals surface area (Å²) < 4.78 is 5.00. The van der Waals surface area contributed by atoms with Gasteiger partial charge in [0.25, 0.3) is 0 Å². The van der Waals surface area contributed by atoms with E-state index in [1.165, 1.54) is 5.57 Å². The molecule has 0 aromatic heterocycles. The van der Waals surface area contributed by atoms with Crippen molar-refractivity contribution in [2.75, 3.05) is 6.61 Å². The Morgan fingerprint density at radius 1 is 1.27 bits per heavy atom. The van der Waals surface area contributed by atoms with Crippen LogP contribution in [0.1, 0.15) is 65.7 Å². The van der Waals surface area contributed by atoms with Crippen LogP contribution in [0.15, 0.2) is 11.1 Å². The molecule has 6 rings (SSSR count). The highest BCUT2D eigenvalue weighted by atomic mass is 16.5. The highest BCUT2D eigenvalue weighted by Crippen LogP contribution is 2.79. The first-order chi connectivity index (χ1) is 14.2. The van der Waals surface area contributed by atoms with Crippen molar-refractivity contribution < 1.29 is 19.4 Å². The second kappa shape index (κ2) is 5.80. The number of ether oxygens (including phenoxy) is 1. The Balaban J connectivity index is 1.38. The van der Waals surface area contributed by atoms with Crippen molar-refractivity contribution in [2.45, 2.75) is 71.3 Å². The Morgan fingerprint density at radius 3 is 2.83 bits per heavy atom. The van der Waals surface area contributed by atoms with Crippen LogP contribution in [0.2, 0.25) is 0 Å². The highest BCUT2D eigenvalue weighted by Gasteiger charge is 2.78. The van der Waals surface area contributed by atoms with E-state index in [2.05, 4.69) is 25.7 Å². The largest absolute Gasteiger partial charge is 0.456 e. The van der Waals surface area contributed by atoms with Crippen molar-refractivity contribution in [1.29, 1.82) is 0 Å². The van der Waals surface area contributed by atoms with Crippen LogP contribution >= 0.6 is 0 Å². The predicted octanol–water partition coefficient (Wildman–Crippen LogP) is 3.67. The zero-order valence-electron chi connectivity index (χ0n) is 18.3. The Labute approximate surface area is 178 Å².